The van der Waals surface area contributed by atoms with Crippen LogP contribution < -0.4 is 0 Å². The average molecular weight is 575 g/mol. The molecule has 0 aliphatic carbocycles. The van der Waals surface area contributed by atoms with Crippen LogP contribution >= 0.6 is 0 Å². The zero-order valence-electron chi connectivity index (χ0n) is 27.3. The molecule has 0 fully saturated rings. The van der Waals surface area contributed by atoms with E-state index in [0.29, 0.717) is 0 Å². The Bertz CT molecular complexity index is 842. The molecule has 0 aliphatic heterocycles. The van der Waals surface area contributed by atoms with Crippen molar-refractivity contribution in [1.29, 1.82) is 0 Å². The van der Waals surface area contributed by atoms with Gasteiger partial charge >= 0.3 is 0 Å². The number of hydrogen-bond acceptors (Lipinski definition) is 2. The van der Waals surface area contributed by atoms with E-state index in [1.807, 2.05) is 60.7 Å². The summed E-state index contributed by atoms with van der Waals surface area (Å²) in [5.41, 5.74) is 2.00. The van der Waals surface area contributed by atoms with E-state index in [1.165, 1.54) is 103 Å². The summed E-state index contributed by atoms with van der Waals surface area (Å²) in [6.07, 6.45) is 27.0. The highest BCUT2D eigenvalue weighted by atomic mass is 16.2. The monoisotopic (exact) mass is 574 g/mol. The first-order valence-electron chi connectivity index (χ1n) is 17.9. The van der Waals surface area contributed by atoms with E-state index < -0.39 is 0 Å². The number of rotatable bonds is 27. The highest BCUT2D eigenvalue weighted by molar-refractivity contribution is 6.41. The van der Waals surface area contributed by atoms with Gasteiger partial charge in [0.2, 0.25) is 11.6 Å². The third-order valence-corrected chi connectivity index (χ3v) is 8.97. The van der Waals surface area contributed by atoms with Crippen molar-refractivity contribution in [3.05, 3.63) is 71.8 Å². The van der Waals surface area contributed by atoms with Crippen LogP contribution in [0, 0.1) is 0 Å². The molecule has 2 aromatic rings. The minimum atomic E-state index is -0.327. The third kappa shape index (κ3) is 15.3. The van der Waals surface area contributed by atoms with E-state index >= 15 is 0 Å². The van der Waals surface area contributed by atoms with Crippen molar-refractivity contribution >= 4 is 11.6 Å². The largest absolute Gasteiger partial charge is 0.290 e. The lowest BCUT2D eigenvalue weighted by molar-refractivity contribution is -0.138. The average Bonchev–Trinajstić information content (AvgIpc) is 3.03. The molecule has 2 aromatic carbocycles. The fraction of sp³-hybridized carbons (Fsp3) is 0.650. The molecule has 2 heteroatoms. The molecule has 0 bridgehead atoms. The first-order valence-corrected chi connectivity index (χ1v) is 17.9. The summed E-state index contributed by atoms with van der Waals surface area (Å²) in [7, 11) is 0. The number of carbonyl (C=O) groups excluding carboxylic acids is 2. The van der Waals surface area contributed by atoms with Gasteiger partial charge in [-0.05, 0) is 24.0 Å². The summed E-state index contributed by atoms with van der Waals surface area (Å²) in [5.74, 6) is -1.02. The molecule has 0 saturated carbocycles. The number of Topliss-reactive ketones (excluding diaryl/α,β-unsaturated/α-hetero) is 2. The van der Waals surface area contributed by atoms with Gasteiger partial charge in [0, 0.05) is 0 Å². The number of carbonyl (C=O) groups is 2. The quantitative estimate of drug-likeness (QED) is 0.0785. The van der Waals surface area contributed by atoms with Gasteiger partial charge in [-0.3, -0.25) is 9.59 Å². The molecule has 2 nitrogen and oxygen atoms in total. The number of ketones is 2. The zero-order valence-corrected chi connectivity index (χ0v) is 27.3. The summed E-state index contributed by atoms with van der Waals surface area (Å²) in [6.45, 7) is 4.53. The van der Waals surface area contributed by atoms with Crippen molar-refractivity contribution in [3.8, 4) is 0 Å². The molecular formula is C40H62O2. The van der Waals surface area contributed by atoms with E-state index in [2.05, 4.69) is 13.8 Å². The molecule has 2 unspecified atom stereocenters. The lowest BCUT2D eigenvalue weighted by Gasteiger charge is -2.21. The van der Waals surface area contributed by atoms with Gasteiger partial charge in [0.25, 0.3) is 0 Å². The Morgan fingerprint density at radius 2 is 0.667 bits per heavy atom. The summed E-state index contributed by atoms with van der Waals surface area (Å²) < 4.78 is 0. The SMILES string of the molecule is CCCCCCCCCCCCC(C(=O)C(=O)C(CCCCCCCCCCCC)c1ccccc1)c1ccccc1. The lowest BCUT2D eigenvalue weighted by Crippen LogP contribution is -2.28. The maximum atomic E-state index is 13.9. The van der Waals surface area contributed by atoms with Crippen LogP contribution in [-0.2, 0) is 9.59 Å². The minimum absolute atomic E-state index is 0.182. The van der Waals surface area contributed by atoms with Crippen LogP contribution in [0.5, 0.6) is 0 Å². The van der Waals surface area contributed by atoms with Gasteiger partial charge in [-0.25, -0.2) is 0 Å². The third-order valence-electron chi connectivity index (χ3n) is 8.97. The number of hydrogen-bond donors (Lipinski definition) is 0. The Morgan fingerprint density at radius 3 is 0.952 bits per heavy atom. The zero-order chi connectivity index (χ0) is 30.1. The summed E-state index contributed by atoms with van der Waals surface area (Å²) >= 11 is 0. The lowest BCUT2D eigenvalue weighted by atomic mass is 9.80. The van der Waals surface area contributed by atoms with Crippen LogP contribution in [0.15, 0.2) is 60.7 Å². The van der Waals surface area contributed by atoms with Crippen LogP contribution in [0.25, 0.3) is 0 Å². The predicted octanol–water partition coefficient (Wildman–Crippen LogP) is 12.3. The molecule has 0 saturated heterocycles. The van der Waals surface area contributed by atoms with Crippen molar-refractivity contribution in [1.82, 2.24) is 0 Å². The summed E-state index contributed by atoms with van der Waals surface area (Å²) in [6, 6.07) is 20.1. The van der Waals surface area contributed by atoms with E-state index in [0.717, 1.165) is 49.7 Å². The molecule has 0 amide bonds. The first-order chi connectivity index (χ1) is 20.7. The number of unbranched alkanes of at least 4 members (excludes halogenated alkanes) is 18. The topological polar surface area (TPSA) is 34.1 Å². The van der Waals surface area contributed by atoms with Crippen LogP contribution in [0.1, 0.15) is 178 Å². The van der Waals surface area contributed by atoms with Crippen molar-refractivity contribution < 1.29 is 9.59 Å². The molecule has 0 aliphatic rings. The normalized spacial score (nSPS) is 12.7. The molecule has 0 spiro atoms. The van der Waals surface area contributed by atoms with E-state index in [4.69, 9.17) is 0 Å². The van der Waals surface area contributed by atoms with Crippen molar-refractivity contribution in [3.63, 3.8) is 0 Å². The Balaban J connectivity index is 1.89. The van der Waals surface area contributed by atoms with Crippen LogP contribution in [-0.4, -0.2) is 11.6 Å². The fourth-order valence-electron chi connectivity index (χ4n) is 6.28. The van der Waals surface area contributed by atoms with Gasteiger partial charge in [0.15, 0.2) is 0 Å². The first kappa shape index (κ1) is 36.0. The molecule has 2 rings (SSSR count). The Hall–Kier alpha value is -2.22. The molecule has 0 radical (unpaired) electrons. The highest BCUT2D eigenvalue weighted by Crippen LogP contribution is 2.30. The van der Waals surface area contributed by atoms with E-state index in [9.17, 15) is 9.59 Å². The molecule has 0 aromatic heterocycles. The maximum Gasteiger partial charge on any atom is 0.206 e. The van der Waals surface area contributed by atoms with Gasteiger partial charge in [-0.15, -0.1) is 0 Å². The second kappa shape index (κ2) is 24.2. The minimum Gasteiger partial charge on any atom is -0.290 e. The van der Waals surface area contributed by atoms with Crippen molar-refractivity contribution in [2.45, 2.75) is 167 Å². The van der Waals surface area contributed by atoms with Gasteiger partial charge < -0.3 is 0 Å². The highest BCUT2D eigenvalue weighted by Gasteiger charge is 2.32. The number of benzene rings is 2. The molecule has 0 heterocycles. The standard InChI is InChI=1S/C40H62O2/c1-3-5-7-9-11-13-15-17-19-27-33-37(35-29-23-21-24-30-35)39(41)40(42)38(36-31-25-22-26-32-36)34-28-20-18-16-14-12-10-8-6-4-2/h21-26,29-32,37-38H,3-20,27-28,33-34H2,1-2H3. The van der Waals surface area contributed by atoms with Gasteiger partial charge in [-0.1, -0.05) is 203 Å². The summed E-state index contributed by atoms with van der Waals surface area (Å²) in [5, 5.41) is 0. The van der Waals surface area contributed by atoms with Gasteiger partial charge in [-0.2, -0.15) is 0 Å². The summed E-state index contributed by atoms with van der Waals surface area (Å²) in [4.78, 5) is 27.8. The van der Waals surface area contributed by atoms with E-state index in [1.54, 1.807) is 0 Å². The fourth-order valence-corrected chi connectivity index (χ4v) is 6.28. The Morgan fingerprint density at radius 1 is 0.405 bits per heavy atom. The van der Waals surface area contributed by atoms with Crippen LogP contribution in [0.2, 0.25) is 0 Å². The van der Waals surface area contributed by atoms with Gasteiger partial charge in [0.1, 0.15) is 0 Å². The maximum absolute atomic E-state index is 13.9. The second-order valence-electron chi connectivity index (χ2n) is 12.6. The van der Waals surface area contributed by atoms with Crippen molar-refractivity contribution in [2.24, 2.45) is 0 Å². The molecule has 2 atom stereocenters. The predicted molar refractivity (Wildman–Crippen MR) is 181 cm³/mol. The van der Waals surface area contributed by atoms with Crippen LogP contribution in [0.3, 0.4) is 0 Å². The molecule has 42 heavy (non-hydrogen) atoms. The second-order valence-corrected chi connectivity index (χ2v) is 12.6. The van der Waals surface area contributed by atoms with Crippen molar-refractivity contribution in [2.75, 3.05) is 0 Å². The molecule has 234 valence electrons. The Labute approximate surface area is 259 Å². The Kier molecular flexibility index (Phi) is 20.8. The molecular weight excluding hydrogens is 512 g/mol. The van der Waals surface area contributed by atoms with Gasteiger partial charge in [0.05, 0.1) is 11.8 Å². The smallest absolute Gasteiger partial charge is 0.206 e. The van der Waals surface area contributed by atoms with Crippen LogP contribution in [0.4, 0.5) is 0 Å². The van der Waals surface area contributed by atoms with E-state index in [-0.39, 0.29) is 23.4 Å². The molecule has 0 N–H and O–H groups in total.